The van der Waals surface area contributed by atoms with Gasteiger partial charge in [0.25, 0.3) is 5.91 Å². The average Bonchev–Trinajstić information content (AvgIpc) is 3.18. The molecule has 8 heteroatoms. The van der Waals surface area contributed by atoms with Crippen LogP contribution >= 0.6 is 0 Å². The Kier molecular flexibility index (Phi) is 6.69. The molecule has 0 aliphatic carbocycles. The first-order valence-electron chi connectivity index (χ1n) is 9.64. The smallest absolute Gasteiger partial charge is 0.251 e. The van der Waals surface area contributed by atoms with E-state index in [2.05, 4.69) is 10.4 Å². The third-order valence-corrected chi connectivity index (χ3v) is 5.45. The minimum absolute atomic E-state index is 0.245. The highest BCUT2D eigenvalue weighted by molar-refractivity contribution is 7.81. The van der Waals surface area contributed by atoms with E-state index in [-0.39, 0.29) is 11.9 Å². The van der Waals surface area contributed by atoms with Gasteiger partial charge in [-0.05, 0) is 57.5 Å². The van der Waals surface area contributed by atoms with Crippen LogP contribution in [0.15, 0.2) is 54.9 Å². The van der Waals surface area contributed by atoms with Gasteiger partial charge in [0, 0.05) is 29.9 Å². The summed E-state index contributed by atoms with van der Waals surface area (Å²) in [6, 6.07) is 12.4. The Morgan fingerprint density at radius 1 is 1.20 bits per heavy atom. The van der Waals surface area contributed by atoms with Crippen LogP contribution in [0.2, 0.25) is 0 Å². The quantitative estimate of drug-likeness (QED) is 0.581. The Balaban J connectivity index is 1.83. The van der Waals surface area contributed by atoms with E-state index < -0.39 is 11.3 Å². The fourth-order valence-electron chi connectivity index (χ4n) is 2.99. The number of nitrogens with zero attached hydrogens (tertiary/aromatic N) is 3. The van der Waals surface area contributed by atoms with Crippen LogP contribution in [-0.2, 0) is 17.8 Å². The maximum Gasteiger partial charge on any atom is 0.251 e. The lowest BCUT2D eigenvalue weighted by atomic mass is 10.1. The molecule has 1 N–H and O–H groups in total. The van der Waals surface area contributed by atoms with E-state index in [1.807, 2.05) is 50.7 Å². The topological polar surface area (TPSA) is 90.3 Å². The summed E-state index contributed by atoms with van der Waals surface area (Å²) in [6.45, 7) is 8.14. The first-order valence-corrected chi connectivity index (χ1v) is 10.7. The third-order valence-electron chi connectivity index (χ3n) is 4.74. The average molecular weight is 426 g/mol. The van der Waals surface area contributed by atoms with Gasteiger partial charge in [0.15, 0.2) is 0 Å². The molecule has 0 radical (unpaired) electrons. The lowest BCUT2D eigenvalue weighted by Gasteiger charge is -2.28. The number of nitrogens with one attached hydrogen (secondary N) is 1. The summed E-state index contributed by atoms with van der Waals surface area (Å²) in [4.78, 5) is 12.7. The van der Waals surface area contributed by atoms with Crippen molar-refractivity contribution in [3.63, 3.8) is 0 Å². The maximum absolute atomic E-state index is 12.7. The SMILES string of the molecule is Cc1ccc(N(c2cc(C(=O)NCc3cnn(C(C)C)c3)ccc2C)S(=O)[O-])cc1. The first kappa shape index (κ1) is 21.7. The van der Waals surface area contributed by atoms with E-state index in [0.29, 0.717) is 23.5 Å². The fraction of sp³-hybridized carbons (Fsp3) is 0.273. The van der Waals surface area contributed by atoms with Gasteiger partial charge in [-0.3, -0.25) is 18.0 Å². The van der Waals surface area contributed by atoms with Crippen LogP contribution in [0.5, 0.6) is 0 Å². The van der Waals surface area contributed by atoms with Crippen molar-refractivity contribution in [2.45, 2.75) is 40.3 Å². The Morgan fingerprint density at radius 3 is 2.50 bits per heavy atom. The van der Waals surface area contributed by atoms with E-state index in [1.165, 1.54) is 4.31 Å². The van der Waals surface area contributed by atoms with Crippen LogP contribution in [0, 0.1) is 13.8 Å². The number of carbonyl (C=O) groups is 1. The Bertz CT molecular complexity index is 1060. The number of anilines is 2. The Labute approximate surface area is 179 Å². The van der Waals surface area contributed by atoms with Gasteiger partial charge in [0.05, 0.1) is 28.8 Å². The highest BCUT2D eigenvalue weighted by Crippen LogP contribution is 2.30. The zero-order valence-corrected chi connectivity index (χ0v) is 18.3. The monoisotopic (exact) mass is 425 g/mol. The van der Waals surface area contributed by atoms with Crippen LogP contribution in [0.4, 0.5) is 11.4 Å². The minimum atomic E-state index is -2.54. The van der Waals surface area contributed by atoms with E-state index >= 15 is 0 Å². The number of amides is 1. The second-order valence-corrected chi connectivity index (χ2v) is 8.25. The van der Waals surface area contributed by atoms with Gasteiger partial charge in [0.2, 0.25) is 0 Å². The van der Waals surface area contributed by atoms with Gasteiger partial charge in [-0.1, -0.05) is 23.8 Å². The molecular formula is C22H25N4O3S-. The number of rotatable bonds is 7. The normalized spacial score (nSPS) is 12.1. The summed E-state index contributed by atoms with van der Waals surface area (Å²) in [5.74, 6) is -0.283. The molecule has 1 aromatic heterocycles. The number of aryl methyl sites for hydroxylation is 2. The Hall–Kier alpha value is -2.97. The number of benzene rings is 2. The largest absolute Gasteiger partial charge is 0.755 e. The molecule has 1 amide bonds. The molecule has 3 aromatic rings. The zero-order chi connectivity index (χ0) is 21.8. The Morgan fingerprint density at radius 2 is 1.90 bits per heavy atom. The van der Waals surface area contributed by atoms with Crippen LogP contribution < -0.4 is 9.62 Å². The third kappa shape index (κ3) is 4.95. The number of hydrogen-bond donors (Lipinski definition) is 1. The molecule has 0 aliphatic rings. The molecule has 0 aliphatic heterocycles. The highest BCUT2D eigenvalue weighted by atomic mass is 32.2. The second-order valence-electron chi connectivity index (χ2n) is 7.45. The highest BCUT2D eigenvalue weighted by Gasteiger charge is 2.16. The van der Waals surface area contributed by atoms with Crippen molar-refractivity contribution in [3.8, 4) is 0 Å². The van der Waals surface area contributed by atoms with Gasteiger partial charge < -0.3 is 9.87 Å². The fourth-order valence-corrected chi connectivity index (χ4v) is 3.64. The van der Waals surface area contributed by atoms with Gasteiger partial charge in [-0.15, -0.1) is 0 Å². The minimum Gasteiger partial charge on any atom is -0.755 e. The van der Waals surface area contributed by atoms with E-state index in [0.717, 1.165) is 16.7 Å². The summed E-state index contributed by atoms with van der Waals surface area (Å²) >= 11 is -2.54. The first-order chi connectivity index (χ1) is 14.3. The molecule has 0 spiro atoms. The summed E-state index contributed by atoms with van der Waals surface area (Å²) in [5.41, 5.74) is 4.00. The molecule has 1 atom stereocenters. The van der Waals surface area contributed by atoms with Gasteiger partial charge in [0.1, 0.15) is 0 Å². The van der Waals surface area contributed by atoms with Crippen molar-refractivity contribution in [1.29, 1.82) is 0 Å². The summed E-state index contributed by atoms with van der Waals surface area (Å²) in [7, 11) is 0. The molecule has 1 heterocycles. The number of hydrogen-bond acceptors (Lipinski definition) is 4. The number of aromatic nitrogens is 2. The van der Waals surface area contributed by atoms with Gasteiger partial charge in [-0.2, -0.15) is 5.10 Å². The second kappa shape index (κ2) is 9.23. The lowest BCUT2D eigenvalue weighted by molar-refractivity contribution is 0.0951. The summed E-state index contributed by atoms with van der Waals surface area (Å²) in [6.07, 6.45) is 3.62. The predicted octanol–water partition coefficient (Wildman–Crippen LogP) is 3.94. The molecular weight excluding hydrogens is 400 g/mol. The summed E-state index contributed by atoms with van der Waals surface area (Å²) < 4.78 is 27.0. The molecule has 1 unspecified atom stereocenters. The van der Waals surface area contributed by atoms with Crippen LogP contribution in [0.25, 0.3) is 0 Å². The lowest BCUT2D eigenvalue weighted by Crippen LogP contribution is -2.24. The molecule has 0 saturated carbocycles. The summed E-state index contributed by atoms with van der Waals surface area (Å²) in [5, 5.41) is 7.13. The standard InChI is InChI=1S/C22H26N4O3S/c1-15(2)25-14-18(13-24-25)12-23-22(27)19-8-7-17(4)21(11-19)26(30(28)29)20-9-5-16(3)6-10-20/h5-11,13-15H,12H2,1-4H3,(H,23,27)(H,28,29)/p-1. The molecule has 0 bridgehead atoms. The maximum atomic E-state index is 12.7. The zero-order valence-electron chi connectivity index (χ0n) is 17.5. The van der Waals surface area contributed by atoms with E-state index in [4.69, 9.17) is 0 Å². The molecule has 30 heavy (non-hydrogen) atoms. The van der Waals surface area contributed by atoms with E-state index in [1.54, 1.807) is 36.5 Å². The van der Waals surface area contributed by atoms with Gasteiger partial charge in [-0.25, -0.2) is 0 Å². The van der Waals surface area contributed by atoms with Crippen LogP contribution in [0.3, 0.4) is 0 Å². The number of carbonyl (C=O) groups excluding carboxylic acids is 1. The molecule has 0 saturated heterocycles. The van der Waals surface area contributed by atoms with Crippen molar-refractivity contribution in [3.05, 3.63) is 77.1 Å². The molecule has 7 nitrogen and oxygen atoms in total. The predicted molar refractivity (Wildman–Crippen MR) is 117 cm³/mol. The van der Waals surface area contributed by atoms with E-state index in [9.17, 15) is 13.6 Å². The molecule has 158 valence electrons. The van der Waals surface area contributed by atoms with Crippen molar-refractivity contribution >= 4 is 28.5 Å². The van der Waals surface area contributed by atoms with Gasteiger partial charge >= 0.3 is 0 Å². The van der Waals surface area contributed by atoms with Crippen molar-refractivity contribution in [2.24, 2.45) is 0 Å². The van der Waals surface area contributed by atoms with Crippen molar-refractivity contribution in [2.75, 3.05) is 4.31 Å². The molecule has 0 fully saturated rings. The van der Waals surface area contributed by atoms with Crippen LogP contribution in [-0.4, -0.2) is 24.4 Å². The van der Waals surface area contributed by atoms with Crippen molar-refractivity contribution < 1.29 is 13.6 Å². The van der Waals surface area contributed by atoms with Crippen LogP contribution in [0.1, 0.15) is 46.9 Å². The molecule has 2 aromatic carbocycles. The van der Waals surface area contributed by atoms with Crippen molar-refractivity contribution in [1.82, 2.24) is 15.1 Å². The molecule has 3 rings (SSSR count).